The van der Waals surface area contributed by atoms with Crippen LogP contribution < -0.4 is 5.43 Å². The number of hydrogen-bond acceptors (Lipinski definition) is 6. The van der Waals surface area contributed by atoms with Gasteiger partial charge in [0.15, 0.2) is 0 Å². The van der Waals surface area contributed by atoms with Crippen LogP contribution >= 0.6 is 0 Å². The summed E-state index contributed by atoms with van der Waals surface area (Å²) in [5, 5.41) is 26.3. The van der Waals surface area contributed by atoms with Crippen molar-refractivity contribution in [3.63, 3.8) is 0 Å². The Hall–Kier alpha value is -2.77. The molecule has 152 valence electrons. The highest BCUT2D eigenvalue weighted by Gasteiger charge is 2.29. The predicted molar refractivity (Wildman–Crippen MR) is 111 cm³/mol. The lowest BCUT2D eigenvalue weighted by molar-refractivity contribution is -0.393. The number of hydrogen-bond donors (Lipinski definition) is 1. The molecule has 0 saturated heterocycles. The minimum Gasteiger partial charge on any atom is -0.272 e. The van der Waals surface area contributed by atoms with E-state index in [4.69, 9.17) is 0 Å². The fourth-order valence-electron chi connectivity index (χ4n) is 4.00. The van der Waals surface area contributed by atoms with Crippen molar-refractivity contribution < 1.29 is 9.85 Å². The SMILES string of the molecule is CC1=C(C)[C@@H](C)[C@@H](CC/C(C)=N/Nc2ccc([N+](=O)[O-])cc2[N+](=O)[O-])[C@H](C)C1. The number of benzene rings is 1. The third-order valence-electron chi connectivity index (χ3n) is 5.95. The van der Waals surface area contributed by atoms with E-state index in [0.717, 1.165) is 31.0 Å². The number of nitro groups is 2. The van der Waals surface area contributed by atoms with Crippen molar-refractivity contribution in [3.8, 4) is 0 Å². The first-order valence-electron chi connectivity index (χ1n) is 9.50. The van der Waals surface area contributed by atoms with Crippen LogP contribution in [0.1, 0.15) is 53.9 Å². The highest BCUT2D eigenvalue weighted by atomic mass is 16.6. The van der Waals surface area contributed by atoms with Crippen LogP contribution in [-0.4, -0.2) is 15.6 Å². The molecule has 3 atom stereocenters. The zero-order chi connectivity index (χ0) is 21.0. The van der Waals surface area contributed by atoms with Crippen LogP contribution in [-0.2, 0) is 0 Å². The minimum absolute atomic E-state index is 0.142. The Balaban J connectivity index is 2.05. The molecule has 1 N–H and O–H groups in total. The van der Waals surface area contributed by atoms with Crippen molar-refractivity contribution in [2.24, 2.45) is 22.9 Å². The van der Waals surface area contributed by atoms with E-state index >= 15 is 0 Å². The number of non-ortho nitro benzene ring substituents is 1. The van der Waals surface area contributed by atoms with E-state index in [1.807, 2.05) is 6.92 Å². The van der Waals surface area contributed by atoms with Gasteiger partial charge in [-0.1, -0.05) is 25.0 Å². The van der Waals surface area contributed by atoms with E-state index in [2.05, 4.69) is 38.2 Å². The fourth-order valence-corrected chi connectivity index (χ4v) is 4.00. The molecule has 28 heavy (non-hydrogen) atoms. The second kappa shape index (κ2) is 8.95. The quantitative estimate of drug-likeness (QED) is 0.279. The molecule has 0 radical (unpaired) electrons. The van der Waals surface area contributed by atoms with Crippen LogP contribution in [0.2, 0.25) is 0 Å². The summed E-state index contributed by atoms with van der Waals surface area (Å²) in [6.07, 6.45) is 2.93. The highest BCUT2D eigenvalue weighted by molar-refractivity contribution is 5.83. The Morgan fingerprint density at radius 3 is 2.50 bits per heavy atom. The molecule has 0 unspecified atom stereocenters. The second-order valence-electron chi connectivity index (χ2n) is 7.81. The van der Waals surface area contributed by atoms with Crippen LogP contribution in [0.3, 0.4) is 0 Å². The van der Waals surface area contributed by atoms with Crippen LogP contribution in [0.4, 0.5) is 17.1 Å². The molecule has 0 aromatic heterocycles. The van der Waals surface area contributed by atoms with Crippen LogP contribution in [0.5, 0.6) is 0 Å². The second-order valence-corrected chi connectivity index (χ2v) is 7.81. The van der Waals surface area contributed by atoms with Crippen molar-refractivity contribution in [2.75, 3.05) is 5.43 Å². The Morgan fingerprint density at radius 1 is 1.21 bits per heavy atom. The number of anilines is 1. The molecule has 1 aliphatic rings. The van der Waals surface area contributed by atoms with E-state index in [-0.39, 0.29) is 17.1 Å². The average molecular weight is 388 g/mol. The van der Waals surface area contributed by atoms with Crippen molar-refractivity contribution in [3.05, 3.63) is 49.6 Å². The first-order chi connectivity index (χ1) is 13.1. The molecule has 1 aliphatic carbocycles. The number of nitro benzene ring substituents is 2. The summed E-state index contributed by atoms with van der Waals surface area (Å²) in [6.45, 7) is 10.9. The van der Waals surface area contributed by atoms with E-state index in [0.29, 0.717) is 17.8 Å². The normalized spacial score (nSPS) is 22.9. The molecule has 8 nitrogen and oxygen atoms in total. The van der Waals surface area contributed by atoms with Crippen molar-refractivity contribution in [1.29, 1.82) is 0 Å². The maximum Gasteiger partial charge on any atom is 0.301 e. The fraction of sp³-hybridized carbons (Fsp3) is 0.550. The summed E-state index contributed by atoms with van der Waals surface area (Å²) >= 11 is 0. The summed E-state index contributed by atoms with van der Waals surface area (Å²) in [4.78, 5) is 20.7. The number of rotatable bonds is 7. The van der Waals surface area contributed by atoms with Gasteiger partial charge in [0.05, 0.1) is 15.9 Å². The van der Waals surface area contributed by atoms with Gasteiger partial charge in [-0.3, -0.25) is 25.7 Å². The summed E-state index contributed by atoms with van der Waals surface area (Å²) in [7, 11) is 0. The smallest absolute Gasteiger partial charge is 0.272 e. The molecule has 0 fully saturated rings. The van der Waals surface area contributed by atoms with Gasteiger partial charge in [0.25, 0.3) is 5.69 Å². The van der Waals surface area contributed by atoms with Gasteiger partial charge in [0, 0.05) is 11.8 Å². The third-order valence-corrected chi connectivity index (χ3v) is 5.95. The zero-order valence-corrected chi connectivity index (χ0v) is 17.1. The molecule has 0 spiro atoms. The first-order valence-corrected chi connectivity index (χ1v) is 9.50. The average Bonchev–Trinajstić information content (AvgIpc) is 2.64. The number of nitrogens with one attached hydrogen (secondary N) is 1. The third kappa shape index (κ3) is 4.94. The monoisotopic (exact) mass is 388 g/mol. The highest BCUT2D eigenvalue weighted by Crippen LogP contribution is 2.40. The molecule has 8 heteroatoms. The summed E-state index contributed by atoms with van der Waals surface area (Å²) in [6, 6.07) is 3.48. The van der Waals surface area contributed by atoms with Crippen LogP contribution in [0.15, 0.2) is 34.4 Å². The van der Waals surface area contributed by atoms with Gasteiger partial charge in [-0.05, 0) is 63.9 Å². The van der Waals surface area contributed by atoms with Gasteiger partial charge in [-0.2, -0.15) is 5.10 Å². The largest absolute Gasteiger partial charge is 0.301 e. The molecule has 1 aromatic carbocycles. The summed E-state index contributed by atoms with van der Waals surface area (Å²) < 4.78 is 0. The molecular formula is C20H28N4O4. The van der Waals surface area contributed by atoms with Crippen molar-refractivity contribution in [1.82, 2.24) is 0 Å². The van der Waals surface area contributed by atoms with Crippen molar-refractivity contribution in [2.45, 2.75) is 53.9 Å². The number of nitrogens with zero attached hydrogens (tertiary/aromatic N) is 3. The maximum atomic E-state index is 11.2. The Kier molecular flexibility index (Phi) is 6.88. The summed E-state index contributed by atoms with van der Waals surface area (Å²) in [5.41, 5.74) is 5.98. The Morgan fingerprint density at radius 2 is 1.89 bits per heavy atom. The molecule has 0 amide bonds. The maximum absolute atomic E-state index is 11.2. The molecule has 1 aromatic rings. The Labute approximate surface area is 165 Å². The minimum atomic E-state index is -0.657. The standard InChI is InChI=1S/C20H28N4O4/c1-12-10-13(2)18(16(5)15(12)4)8-6-14(3)21-22-19-9-7-17(23(25)26)11-20(19)24(27)28/h7,9,11,13,16,18,22H,6,8,10H2,1-5H3/b21-14+/t13-,16-,18+/m1/s1. The molecular weight excluding hydrogens is 360 g/mol. The van der Waals surface area contributed by atoms with Gasteiger partial charge in [0.1, 0.15) is 5.69 Å². The van der Waals surface area contributed by atoms with E-state index in [1.165, 1.54) is 23.3 Å². The molecule has 0 heterocycles. The van der Waals surface area contributed by atoms with Crippen LogP contribution in [0, 0.1) is 38.0 Å². The number of hydrazone groups is 1. The zero-order valence-electron chi connectivity index (χ0n) is 17.1. The molecule has 0 bridgehead atoms. The topological polar surface area (TPSA) is 111 Å². The van der Waals surface area contributed by atoms with Crippen molar-refractivity contribution >= 4 is 22.8 Å². The first kappa shape index (κ1) is 21.5. The van der Waals surface area contributed by atoms with Gasteiger partial charge in [0.2, 0.25) is 0 Å². The Bertz CT molecular complexity index is 831. The van der Waals surface area contributed by atoms with Gasteiger partial charge < -0.3 is 0 Å². The van der Waals surface area contributed by atoms with Gasteiger partial charge in [-0.15, -0.1) is 0 Å². The van der Waals surface area contributed by atoms with Crippen LogP contribution in [0.25, 0.3) is 0 Å². The van der Waals surface area contributed by atoms with E-state index in [1.54, 1.807) is 0 Å². The summed E-state index contributed by atoms with van der Waals surface area (Å²) in [5.74, 6) is 1.75. The number of allylic oxidation sites excluding steroid dienone is 2. The van der Waals surface area contributed by atoms with E-state index in [9.17, 15) is 20.2 Å². The lowest BCUT2D eigenvalue weighted by atomic mass is 9.69. The molecule has 0 aliphatic heterocycles. The van der Waals surface area contributed by atoms with E-state index < -0.39 is 9.85 Å². The predicted octanol–water partition coefficient (Wildman–Crippen LogP) is 5.70. The van der Waals surface area contributed by atoms with Gasteiger partial charge in [-0.25, -0.2) is 0 Å². The lowest BCUT2D eigenvalue weighted by Gasteiger charge is -2.36. The lowest BCUT2D eigenvalue weighted by Crippen LogP contribution is -2.26. The molecule has 0 saturated carbocycles. The molecule has 2 rings (SSSR count). The van der Waals surface area contributed by atoms with Gasteiger partial charge >= 0.3 is 5.69 Å².